The van der Waals surface area contributed by atoms with Crippen molar-refractivity contribution >= 4 is 5.91 Å². The van der Waals surface area contributed by atoms with Crippen molar-refractivity contribution in [3.8, 4) is 5.88 Å². The molecule has 3 heterocycles. The Bertz CT molecular complexity index is 698. The van der Waals surface area contributed by atoms with E-state index in [1.54, 1.807) is 4.90 Å². The SMILES string of the molecule is COc1ncc(C(=O)N2C[C@H]3C[C@@H](N4CCOCC4)[C@H](O)C[C@H]3C2)cc1F. The van der Waals surface area contributed by atoms with Gasteiger partial charge in [0.25, 0.3) is 5.91 Å². The number of fused-ring (bicyclic) bond motifs is 1. The van der Waals surface area contributed by atoms with Crippen LogP contribution in [0.5, 0.6) is 5.88 Å². The number of hydrogen-bond donors (Lipinski definition) is 1. The van der Waals surface area contributed by atoms with Crippen molar-refractivity contribution < 1.29 is 23.8 Å². The first kappa shape index (κ1) is 18.6. The Balaban J connectivity index is 1.43. The quantitative estimate of drug-likeness (QED) is 0.836. The Hall–Kier alpha value is -1.77. The van der Waals surface area contributed by atoms with Gasteiger partial charge in [0.1, 0.15) is 0 Å². The molecule has 0 spiro atoms. The first-order valence-electron chi connectivity index (χ1n) is 9.55. The monoisotopic (exact) mass is 379 g/mol. The highest BCUT2D eigenvalue weighted by atomic mass is 19.1. The molecule has 1 aromatic heterocycles. The summed E-state index contributed by atoms with van der Waals surface area (Å²) in [5.41, 5.74) is 0.234. The topological polar surface area (TPSA) is 75.1 Å². The number of aromatic nitrogens is 1. The van der Waals surface area contributed by atoms with Crippen LogP contribution in [0.2, 0.25) is 0 Å². The molecule has 0 aromatic carbocycles. The minimum atomic E-state index is -0.636. The van der Waals surface area contributed by atoms with Gasteiger partial charge in [0.2, 0.25) is 5.88 Å². The number of ether oxygens (including phenoxy) is 2. The number of rotatable bonds is 3. The van der Waals surface area contributed by atoms with E-state index in [2.05, 4.69) is 9.88 Å². The highest BCUT2D eigenvalue weighted by Gasteiger charge is 2.44. The molecular formula is C19H26FN3O4. The molecule has 0 radical (unpaired) electrons. The normalized spacial score (nSPS) is 31.6. The molecule has 4 atom stereocenters. The minimum Gasteiger partial charge on any atom is -0.479 e. The Morgan fingerprint density at radius 2 is 2.00 bits per heavy atom. The number of aliphatic hydroxyl groups is 1. The molecule has 148 valence electrons. The second-order valence-electron chi connectivity index (χ2n) is 7.70. The van der Waals surface area contributed by atoms with Crippen molar-refractivity contribution in [3.05, 3.63) is 23.6 Å². The van der Waals surface area contributed by atoms with Gasteiger partial charge in [0.15, 0.2) is 5.82 Å². The van der Waals surface area contributed by atoms with Gasteiger partial charge in [-0.15, -0.1) is 0 Å². The lowest BCUT2D eigenvalue weighted by molar-refractivity contribution is -0.0520. The van der Waals surface area contributed by atoms with E-state index in [4.69, 9.17) is 9.47 Å². The Labute approximate surface area is 158 Å². The Morgan fingerprint density at radius 1 is 1.30 bits per heavy atom. The molecule has 1 saturated carbocycles. The zero-order chi connectivity index (χ0) is 19.0. The largest absolute Gasteiger partial charge is 0.479 e. The number of methoxy groups -OCH3 is 1. The van der Waals surface area contributed by atoms with Crippen molar-refractivity contribution in [3.63, 3.8) is 0 Å². The van der Waals surface area contributed by atoms with E-state index in [1.807, 2.05) is 0 Å². The maximum Gasteiger partial charge on any atom is 0.255 e. The lowest BCUT2D eigenvalue weighted by Crippen LogP contribution is -2.53. The van der Waals surface area contributed by atoms with Crippen LogP contribution in [0.1, 0.15) is 23.2 Å². The van der Waals surface area contributed by atoms with Gasteiger partial charge in [-0.1, -0.05) is 0 Å². The molecule has 3 fully saturated rings. The van der Waals surface area contributed by atoms with Crippen molar-refractivity contribution in [2.24, 2.45) is 11.8 Å². The number of hydrogen-bond acceptors (Lipinski definition) is 6. The van der Waals surface area contributed by atoms with Crippen molar-refractivity contribution in [1.82, 2.24) is 14.8 Å². The summed E-state index contributed by atoms with van der Waals surface area (Å²) in [6.07, 6.45) is 2.56. The fraction of sp³-hybridized carbons (Fsp3) is 0.684. The van der Waals surface area contributed by atoms with Gasteiger partial charge < -0.3 is 19.5 Å². The van der Waals surface area contributed by atoms with Crippen LogP contribution in [0.25, 0.3) is 0 Å². The molecule has 0 bridgehead atoms. The number of halogens is 1. The van der Waals surface area contributed by atoms with Crippen molar-refractivity contribution in [1.29, 1.82) is 0 Å². The summed E-state index contributed by atoms with van der Waals surface area (Å²) in [4.78, 5) is 20.7. The molecule has 4 rings (SSSR count). The minimum absolute atomic E-state index is 0.113. The molecule has 2 aliphatic heterocycles. The zero-order valence-corrected chi connectivity index (χ0v) is 15.5. The number of amides is 1. The highest BCUT2D eigenvalue weighted by molar-refractivity contribution is 5.94. The summed E-state index contributed by atoms with van der Waals surface area (Å²) in [7, 11) is 1.34. The first-order chi connectivity index (χ1) is 13.1. The number of nitrogens with zero attached hydrogens (tertiary/aromatic N) is 3. The van der Waals surface area contributed by atoms with Gasteiger partial charge in [0.05, 0.1) is 32.0 Å². The molecule has 1 amide bonds. The summed E-state index contributed by atoms with van der Waals surface area (Å²) in [5, 5.41) is 10.6. The van der Waals surface area contributed by atoms with E-state index in [1.165, 1.54) is 19.4 Å². The van der Waals surface area contributed by atoms with Crippen LogP contribution >= 0.6 is 0 Å². The van der Waals surface area contributed by atoms with Gasteiger partial charge in [-0.25, -0.2) is 9.37 Å². The molecule has 8 heteroatoms. The predicted octanol–water partition coefficient (Wildman–Crippen LogP) is 0.773. The predicted molar refractivity (Wildman–Crippen MR) is 95.1 cm³/mol. The second kappa shape index (κ2) is 7.69. The lowest BCUT2D eigenvalue weighted by atomic mass is 9.77. The van der Waals surface area contributed by atoms with Gasteiger partial charge in [-0.3, -0.25) is 9.69 Å². The lowest BCUT2D eigenvalue weighted by Gasteiger charge is -2.43. The third-order valence-corrected chi connectivity index (χ3v) is 6.16. The number of likely N-dealkylation sites (tertiary alicyclic amines) is 1. The van der Waals surface area contributed by atoms with Crippen LogP contribution in [0.15, 0.2) is 12.3 Å². The van der Waals surface area contributed by atoms with Crippen LogP contribution in [-0.4, -0.2) is 84.4 Å². The van der Waals surface area contributed by atoms with Gasteiger partial charge in [0, 0.05) is 38.4 Å². The average Bonchev–Trinajstić information content (AvgIpc) is 3.10. The summed E-state index contributed by atoms with van der Waals surface area (Å²) < 4.78 is 24.1. The summed E-state index contributed by atoms with van der Waals surface area (Å²) in [6.45, 7) is 4.35. The fourth-order valence-corrected chi connectivity index (χ4v) is 4.75. The summed E-state index contributed by atoms with van der Waals surface area (Å²) >= 11 is 0. The van der Waals surface area contributed by atoms with Gasteiger partial charge in [-0.2, -0.15) is 0 Å². The number of carbonyl (C=O) groups excluding carboxylic acids is 1. The van der Waals surface area contributed by atoms with E-state index in [-0.39, 0.29) is 35.4 Å². The van der Waals surface area contributed by atoms with E-state index in [0.717, 1.165) is 19.5 Å². The highest BCUT2D eigenvalue weighted by Crippen LogP contribution is 2.39. The number of aliphatic hydroxyl groups excluding tert-OH is 1. The third-order valence-electron chi connectivity index (χ3n) is 6.16. The number of pyridine rings is 1. The Kier molecular flexibility index (Phi) is 5.29. The van der Waals surface area contributed by atoms with Crippen LogP contribution in [0.3, 0.4) is 0 Å². The zero-order valence-electron chi connectivity index (χ0n) is 15.5. The molecule has 1 aromatic rings. The summed E-state index contributed by atoms with van der Waals surface area (Å²) in [5.74, 6) is -0.310. The standard InChI is InChI=1S/C19H26FN3O4/c1-26-18-15(20)6-12(9-21-18)19(25)23-10-13-7-16(17(24)8-14(13)11-23)22-2-4-27-5-3-22/h6,9,13-14,16-17,24H,2-5,7-8,10-11H2,1H3/t13-,14+,16-,17-/m1/s1. The second-order valence-corrected chi connectivity index (χ2v) is 7.70. The van der Waals surface area contributed by atoms with E-state index in [0.29, 0.717) is 38.6 Å². The maximum absolute atomic E-state index is 13.9. The van der Waals surface area contributed by atoms with E-state index in [9.17, 15) is 14.3 Å². The molecule has 3 aliphatic rings. The van der Waals surface area contributed by atoms with Crippen molar-refractivity contribution in [2.45, 2.75) is 25.0 Å². The van der Waals surface area contributed by atoms with Crippen LogP contribution in [0, 0.1) is 17.7 Å². The molecular weight excluding hydrogens is 353 g/mol. The summed E-state index contributed by atoms with van der Waals surface area (Å²) in [6, 6.07) is 1.31. The molecule has 7 nitrogen and oxygen atoms in total. The smallest absolute Gasteiger partial charge is 0.255 e. The van der Waals surface area contributed by atoms with Gasteiger partial charge >= 0.3 is 0 Å². The maximum atomic E-state index is 13.9. The number of morpholine rings is 1. The third kappa shape index (κ3) is 3.66. The first-order valence-corrected chi connectivity index (χ1v) is 9.55. The average molecular weight is 379 g/mol. The molecule has 0 unspecified atom stereocenters. The van der Waals surface area contributed by atoms with E-state index < -0.39 is 5.82 Å². The molecule has 2 saturated heterocycles. The fourth-order valence-electron chi connectivity index (χ4n) is 4.75. The van der Waals surface area contributed by atoms with Crippen LogP contribution in [0.4, 0.5) is 4.39 Å². The van der Waals surface area contributed by atoms with Crippen LogP contribution < -0.4 is 4.74 Å². The molecule has 1 N–H and O–H groups in total. The Morgan fingerprint density at radius 3 is 2.67 bits per heavy atom. The van der Waals surface area contributed by atoms with Gasteiger partial charge in [-0.05, 0) is 30.7 Å². The number of carbonyl (C=O) groups is 1. The van der Waals surface area contributed by atoms with Crippen molar-refractivity contribution in [2.75, 3.05) is 46.5 Å². The van der Waals surface area contributed by atoms with Crippen LogP contribution in [-0.2, 0) is 4.74 Å². The molecule has 1 aliphatic carbocycles. The van der Waals surface area contributed by atoms with E-state index >= 15 is 0 Å². The molecule has 27 heavy (non-hydrogen) atoms.